The van der Waals surface area contributed by atoms with E-state index in [9.17, 15) is 5.11 Å². The lowest BCUT2D eigenvalue weighted by atomic mass is 9.60. The van der Waals surface area contributed by atoms with Gasteiger partial charge in [0, 0.05) is 0 Å². The third kappa shape index (κ3) is 5.09. The average Bonchev–Trinajstić information content (AvgIpc) is 3.04. The standard InChI is InChI=1S/C28H46O/c1-19(2)20(3)9-10-22(5)26-15-16-27-23(8-7-17-28(26,27)6)12-13-24-18-25(29)14-11-21(24)4/h12-13,19-20,22,25-27,29H,4,7-11,14-18H2,1-3,5-6H3/b23-12-,24-13+/t20?,22?,25-,26+,27?,28+/m0/s1. The Morgan fingerprint density at radius 2 is 1.83 bits per heavy atom. The van der Waals surface area contributed by atoms with E-state index in [-0.39, 0.29) is 6.10 Å². The maximum absolute atomic E-state index is 10.0. The van der Waals surface area contributed by atoms with Gasteiger partial charge in [0.25, 0.3) is 0 Å². The number of aliphatic hydroxyl groups excluding tert-OH is 1. The summed E-state index contributed by atoms with van der Waals surface area (Å²) in [5.41, 5.74) is 4.70. The largest absolute Gasteiger partial charge is 0.393 e. The van der Waals surface area contributed by atoms with Crippen LogP contribution in [-0.4, -0.2) is 11.2 Å². The molecule has 164 valence electrons. The van der Waals surface area contributed by atoms with Crippen molar-refractivity contribution in [1.82, 2.24) is 0 Å². The molecule has 1 N–H and O–H groups in total. The fraction of sp³-hybridized carbons (Fsp3) is 0.786. The van der Waals surface area contributed by atoms with E-state index in [0.29, 0.717) is 5.41 Å². The van der Waals surface area contributed by atoms with Gasteiger partial charge in [0.15, 0.2) is 0 Å². The van der Waals surface area contributed by atoms with Crippen molar-refractivity contribution in [2.75, 3.05) is 0 Å². The first kappa shape index (κ1) is 22.9. The molecule has 3 aliphatic carbocycles. The summed E-state index contributed by atoms with van der Waals surface area (Å²) in [7, 11) is 0. The predicted octanol–water partition coefficient (Wildman–Crippen LogP) is 7.87. The molecule has 0 saturated heterocycles. The summed E-state index contributed by atoms with van der Waals surface area (Å²) in [5.74, 6) is 4.14. The Morgan fingerprint density at radius 3 is 2.55 bits per heavy atom. The monoisotopic (exact) mass is 398 g/mol. The van der Waals surface area contributed by atoms with Crippen molar-refractivity contribution in [2.45, 2.75) is 105 Å². The first-order valence-corrected chi connectivity index (χ1v) is 12.5. The van der Waals surface area contributed by atoms with Gasteiger partial charge < -0.3 is 5.11 Å². The molecular formula is C28H46O. The SMILES string of the molecule is C=C1CC[C@H](O)C/C1=C\C=C1\CCC[C@@]2(C)C1CC[C@@H]2C(C)CCC(C)C(C)C. The maximum atomic E-state index is 10.0. The van der Waals surface area contributed by atoms with E-state index in [4.69, 9.17) is 0 Å². The van der Waals surface area contributed by atoms with Gasteiger partial charge in [-0.15, -0.1) is 0 Å². The fourth-order valence-electron chi connectivity index (χ4n) is 6.67. The van der Waals surface area contributed by atoms with Crippen LogP contribution >= 0.6 is 0 Å². The first-order valence-electron chi connectivity index (χ1n) is 12.5. The molecule has 3 unspecified atom stereocenters. The average molecular weight is 399 g/mol. The molecule has 0 aromatic rings. The molecule has 6 atom stereocenters. The number of hydrogen-bond acceptors (Lipinski definition) is 1. The second-order valence-electron chi connectivity index (χ2n) is 11.3. The van der Waals surface area contributed by atoms with Crippen LogP contribution in [0.1, 0.15) is 98.8 Å². The minimum absolute atomic E-state index is 0.174. The molecule has 0 aliphatic heterocycles. The van der Waals surface area contributed by atoms with Crippen molar-refractivity contribution < 1.29 is 5.11 Å². The summed E-state index contributed by atoms with van der Waals surface area (Å²) >= 11 is 0. The number of rotatable bonds is 6. The van der Waals surface area contributed by atoms with Gasteiger partial charge in [-0.1, -0.05) is 77.3 Å². The Hall–Kier alpha value is -0.820. The van der Waals surface area contributed by atoms with Gasteiger partial charge in [0.2, 0.25) is 0 Å². The highest BCUT2D eigenvalue weighted by Gasteiger charge is 2.50. The van der Waals surface area contributed by atoms with Gasteiger partial charge in [0.1, 0.15) is 0 Å². The van der Waals surface area contributed by atoms with Crippen molar-refractivity contribution in [3.05, 3.63) is 35.5 Å². The molecule has 3 saturated carbocycles. The van der Waals surface area contributed by atoms with E-state index < -0.39 is 0 Å². The van der Waals surface area contributed by atoms with Crippen LogP contribution in [0.3, 0.4) is 0 Å². The van der Waals surface area contributed by atoms with Gasteiger partial charge in [0.05, 0.1) is 6.10 Å². The lowest BCUT2D eigenvalue weighted by Gasteiger charge is -2.44. The van der Waals surface area contributed by atoms with E-state index in [0.717, 1.165) is 48.9 Å². The Labute approximate surface area is 180 Å². The normalized spacial score (nSPS) is 37.9. The molecule has 0 heterocycles. The fourth-order valence-corrected chi connectivity index (χ4v) is 6.67. The molecule has 0 aromatic carbocycles. The van der Waals surface area contributed by atoms with Crippen LogP contribution in [0.2, 0.25) is 0 Å². The van der Waals surface area contributed by atoms with Gasteiger partial charge in [-0.2, -0.15) is 0 Å². The smallest absolute Gasteiger partial charge is 0.0583 e. The van der Waals surface area contributed by atoms with Gasteiger partial charge >= 0.3 is 0 Å². The molecular weight excluding hydrogens is 352 g/mol. The van der Waals surface area contributed by atoms with Crippen molar-refractivity contribution in [2.24, 2.45) is 35.0 Å². The van der Waals surface area contributed by atoms with Crippen LogP contribution in [0, 0.1) is 35.0 Å². The molecule has 0 radical (unpaired) electrons. The Bertz CT molecular complexity index is 639. The van der Waals surface area contributed by atoms with E-state index in [1.54, 1.807) is 5.57 Å². The molecule has 1 heteroatoms. The molecule has 1 nitrogen and oxygen atoms in total. The summed E-state index contributed by atoms with van der Waals surface area (Å²) in [4.78, 5) is 0. The zero-order chi connectivity index (χ0) is 21.2. The third-order valence-corrected chi connectivity index (χ3v) is 9.13. The van der Waals surface area contributed by atoms with Crippen LogP contribution < -0.4 is 0 Å². The predicted molar refractivity (Wildman–Crippen MR) is 126 cm³/mol. The van der Waals surface area contributed by atoms with Crippen LogP contribution in [0.15, 0.2) is 35.5 Å². The van der Waals surface area contributed by atoms with Crippen LogP contribution in [-0.2, 0) is 0 Å². The first-order chi connectivity index (χ1) is 13.7. The molecule has 0 amide bonds. The summed E-state index contributed by atoms with van der Waals surface area (Å²) in [6.45, 7) is 16.6. The zero-order valence-electron chi connectivity index (χ0n) is 19.8. The Balaban J connectivity index is 1.70. The molecule has 3 fully saturated rings. The summed E-state index contributed by atoms with van der Waals surface area (Å²) in [5, 5.41) is 10.0. The number of aliphatic hydroxyl groups is 1. The molecule has 3 aliphatic rings. The van der Waals surface area contributed by atoms with Gasteiger partial charge in [-0.25, -0.2) is 0 Å². The number of fused-ring (bicyclic) bond motifs is 1. The third-order valence-electron chi connectivity index (χ3n) is 9.13. The minimum atomic E-state index is -0.174. The summed E-state index contributed by atoms with van der Waals surface area (Å²) in [6, 6.07) is 0. The van der Waals surface area contributed by atoms with E-state index in [1.807, 2.05) is 0 Å². The lowest BCUT2D eigenvalue weighted by molar-refractivity contribution is 0.0907. The van der Waals surface area contributed by atoms with Crippen molar-refractivity contribution in [3.8, 4) is 0 Å². The summed E-state index contributed by atoms with van der Waals surface area (Å²) < 4.78 is 0. The number of allylic oxidation sites excluding steroid dienone is 4. The molecule has 0 bridgehead atoms. The quantitative estimate of drug-likeness (QED) is 0.482. The van der Waals surface area contributed by atoms with E-state index in [1.165, 1.54) is 56.1 Å². The molecule has 29 heavy (non-hydrogen) atoms. The van der Waals surface area contributed by atoms with E-state index in [2.05, 4.69) is 53.3 Å². The second kappa shape index (κ2) is 9.54. The molecule has 3 rings (SSSR count). The Morgan fingerprint density at radius 1 is 1.07 bits per heavy atom. The highest BCUT2D eigenvalue weighted by atomic mass is 16.3. The van der Waals surface area contributed by atoms with Crippen LogP contribution in [0.5, 0.6) is 0 Å². The topological polar surface area (TPSA) is 20.2 Å². The van der Waals surface area contributed by atoms with Gasteiger partial charge in [-0.3, -0.25) is 0 Å². The van der Waals surface area contributed by atoms with Crippen LogP contribution in [0.4, 0.5) is 0 Å². The van der Waals surface area contributed by atoms with Crippen LogP contribution in [0.25, 0.3) is 0 Å². The lowest BCUT2D eigenvalue weighted by Crippen LogP contribution is -2.36. The van der Waals surface area contributed by atoms with E-state index >= 15 is 0 Å². The molecule has 0 aromatic heterocycles. The minimum Gasteiger partial charge on any atom is -0.393 e. The van der Waals surface area contributed by atoms with Gasteiger partial charge in [-0.05, 0) is 91.9 Å². The highest BCUT2D eigenvalue weighted by Crippen LogP contribution is 2.60. The summed E-state index contributed by atoms with van der Waals surface area (Å²) in [6.07, 6.45) is 16.8. The molecule has 0 spiro atoms. The number of hydrogen-bond donors (Lipinski definition) is 1. The van der Waals surface area contributed by atoms with Crippen molar-refractivity contribution >= 4 is 0 Å². The zero-order valence-corrected chi connectivity index (χ0v) is 19.8. The maximum Gasteiger partial charge on any atom is 0.0583 e. The van der Waals surface area contributed by atoms with Crippen molar-refractivity contribution in [1.29, 1.82) is 0 Å². The van der Waals surface area contributed by atoms with Crippen molar-refractivity contribution in [3.63, 3.8) is 0 Å². The highest BCUT2D eigenvalue weighted by molar-refractivity contribution is 5.36. The Kier molecular flexibility index (Phi) is 7.52. The second-order valence-corrected chi connectivity index (χ2v) is 11.3.